The van der Waals surface area contributed by atoms with Crippen LogP contribution in [0.4, 0.5) is 10.1 Å². The fourth-order valence-electron chi connectivity index (χ4n) is 1.59. The number of halogens is 1. The van der Waals surface area contributed by atoms with E-state index in [0.717, 1.165) is 0 Å². The van der Waals surface area contributed by atoms with Gasteiger partial charge in [0.05, 0.1) is 12.3 Å². The van der Waals surface area contributed by atoms with Gasteiger partial charge >= 0.3 is 5.97 Å². The van der Waals surface area contributed by atoms with E-state index in [9.17, 15) is 9.18 Å². The first-order valence-electron chi connectivity index (χ1n) is 6.10. The lowest BCUT2D eigenvalue weighted by Gasteiger charge is -2.08. The van der Waals surface area contributed by atoms with Gasteiger partial charge in [0.2, 0.25) is 0 Å². The summed E-state index contributed by atoms with van der Waals surface area (Å²) in [5, 5.41) is 6.34. The van der Waals surface area contributed by atoms with Crippen LogP contribution in [0, 0.1) is 12.7 Å². The number of nitrogens with zero attached hydrogens (tertiary/aromatic N) is 2. The third-order valence-electron chi connectivity index (χ3n) is 2.47. The summed E-state index contributed by atoms with van der Waals surface area (Å²) in [6, 6.07) is 4.29. The number of rotatable bonds is 5. The van der Waals surface area contributed by atoms with E-state index in [4.69, 9.17) is 9.26 Å². The lowest BCUT2D eigenvalue weighted by molar-refractivity contribution is -0.140. The Kier molecular flexibility index (Phi) is 4.29. The van der Waals surface area contributed by atoms with Crippen molar-refractivity contribution in [1.82, 2.24) is 10.1 Å². The highest BCUT2D eigenvalue weighted by molar-refractivity contribution is 5.75. The zero-order chi connectivity index (χ0) is 14.5. The molecule has 0 radical (unpaired) electrons. The Hall–Kier alpha value is -2.44. The van der Waals surface area contributed by atoms with Crippen LogP contribution in [0.3, 0.4) is 0 Å². The van der Waals surface area contributed by atoms with E-state index in [2.05, 4.69) is 15.5 Å². The summed E-state index contributed by atoms with van der Waals surface area (Å²) >= 11 is 0. The van der Waals surface area contributed by atoms with Gasteiger partial charge in [-0.05, 0) is 32.0 Å². The van der Waals surface area contributed by atoms with Crippen molar-refractivity contribution < 1.29 is 18.4 Å². The molecule has 0 bridgehead atoms. The Morgan fingerprint density at radius 2 is 2.30 bits per heavy atom. The van der Waals surface area contributed by atoms with E-state index in [1.165, 1.54) is 18.2 Å². The summed E-state index contributed by atoms with van der Waals surface area (Å²) in [5.74, 6) is -0.146. The van der Waals surface area contributed by atoms with Crippen molar-refractivity contribution in [2.75, 3.05) is 18.5 Å². The second-order valence-electron chi connectivity index (χ2n) is 4.00. The van der Waals surface area contributed by atoms with Crippen molar-refractivity contribution in [2.24, 2.45) is 0 Å². The number of nitrogens with one attached hydrogen (secondary N) is 1. The first-order chi connectivity index (χ1) is 9.60. The second kappa shape index (κ2) is 6.14. The van der Waals surface area contributed by atoms with E-state index in [1.54, 1.807) is 13.8 Å². The average Bonchev–Trinajstić information content (AvgIpc) is 2.85. The van der Waals surface area contributed by atoms with E-state index in [0.29, 0.717) is 17.3 Å². The highest BCUT2D eigenvalue weighted by Gasteiger charge is 2.11. The molecule has 0 aliphatic rings. The number of aromatic nitrogens is 2. The van der Waals surface area contributed by atoms with Gasteiger partial charge in [0.1, 0.15) is 12.4 Å². The maximum absolute atomic E-state index is 13.6. The molecule has 0 fully saturated rings. The minimum Gasteiger partial charge on any atom is -0.465 e. The molecule has 1 heterocycles. The van der Waals surface area contributed by atoms with E-state index in [-0.39, 0.29) is 18.8 Å². The predicted molar refractivity (Wildman–Crippen MR) is 69.6 cm³/mol. The van der Waals surface area contributed by atoms with E-state index >= 15 is 0 Å². The molecule has 6 nitrogen and oxygen atoms in total. The average molecular weight is 279 g/mol. The molecule has 1 aromatic heterocycles. The van der Waals surface area contributed by atoms with Crippen LogP contribution < -0.4 is 5.32 Å². The zero-order valence-electron chi connectivity index (χ0n) is 11.1. The normalized spacial score (nSPS) is 10.3. The standard InChI is InChI=1S/C13H14FN3O3/c1-3-19-12(18)7-15-11-6-9(4-5-10(11)14)13-16-8(2)17-20-13/h4-6,15H,3,7H2,1-2H3. The van der Waals surface area contributed by atoms with Gasteiger partial charge in [-0.2, -0.15) is 4.98 Å². The predicted octanol–water partition coefficient (Wildman–Crippen LogP) is 2.16. The van der Waals surface area contributed by atoms with Crippen molar-refractivity contribution in [3.8, 4) is 11.5 Å². The lowest BCUT2D eigenvalue weighted by Crippen LogP contribution is -2.17. The summed E-state index contributed by atoms with van der Waals surface area (Å²) in [6.07, 6.45) is 0. The topological polar surface area (TPSA) is 77.2 Å². The maximum Gasteiger partial charge on any atom is 0.325 e. The maximum atomic E-state index is 13.6. The summed E-state index contributed by atoms with van der Waals surface area (Å²) in [6.45, 7) is 3.56. The summed E-state index contributed by atoms with van der Waals surface area (Å²) in [7, 11) is 0. The fraction of sp³-hybridized carbons (Fsp3) is 0.308. The minimum atomic E-state index is -0.478. The Morgan fingerprint density at radius 1 is 1.50 bits per heavy atom. The Labute approximate surface area is 114 Å². The smallest absolute Gasteiger partial charge is 0.325 e. The first-order valence-corrected chi connectivity index (χ1v) is 6.10. The van der Waals surface area contributed by atoms with Gasteiger partial charge in [-0.3, -0.25) is 4.79 Å². The number of hydrogen-bond acceptors (Lipinski definition) is 6. The van der Waals surface area contributed by atoms with Crippen molar-refractivity contribution in [3.05, 3.63) is 29.8 Å². The number of carbonyl (C=O) groups excluding carboxylic acids is 1. The molecule has 0 aliphatic heterocycles. The lowest BCUT2D eigenvalue weighted by atomic mass is 10.2. The zero-order valence-corrected chi connectivity index (χ0v) is 11.1. The minimum absolute atomic E-state index is 0.114. The molecule has 0 saturated heterocycles. The number of aryl methyl sites for hydroxylation is 1. The highest BCUT2D eigenvalue weighted by Crippen LogP contribution is 2.23. The SMILES string of the molecule is CCOC(=O)CNc1cc(-c2nc(C)no2)ccc1F. The molecule has 2 aromatic rings. The van der Waals surface area contributed by atoms with Gasteiger partial charge in [0, 0.05) is 5.56 Å². The van der Waals surface area contributed by atoms with Gasteiger partial charge in [-0.15, -0.1) is 0 Å². The fourth-order valence-corrected chi connectivity index (χ4v) is 1.59. The largest absolute Gasteiger partial charge is 0.465 e. The molecular formula is C13H14FN3O3. The van der Waals surface area contributed by atoms with Crippen molar-refractivity contribution >= 4 is 11.7 Å². The number of carbonyl (C=O) groups is 1. The van der Waals surface area contributed by atoms with Gasteiger partial charge < -0.3 is 14.6 Å². The summed E-state index contributed by atoms with van der Waals surface area (Å²) in [5.41, 5.74) is 0.741. The third-order valence-corrected chi connectivity index (χ3v) is 2.47. The van der Waals surface area contributed by atoms with Crippen LogP contribution >= 0.6 is 0 Å². The van der Waals surface area contributed by atoms with Crippen LogP contribution in [0.1, 0.15) is 12.7 Å². The van der Waals surface area contributed by atoms with Gasteiger partial charge in [0.25, 0.3) is 5.89 Å². The van der Waals surface area contributed by atoms with E-state index < -0.39 is 11.8 Å². The number of anilines is 1. The Morgan fingerprint density at radius 3 is 2.95 bits per heavy atom. The number of esters is 1. The molecular weight excluding hydrogens is 265 g/mol. The van der Waals surface area contributed by atoms with Crippen LogP contribution in [0.15, 0.2) is 22.7 Å². The Balaban J connectivity index is 2.14. The van der Waals surface area contributed by atoms with Crippen molar-refractivity contribution in [2.45, 2.75) is 13.8 Å². The van der Waals surface area contributed by atoms with Crippen LogP contribution in [0.5, 0.6) is 0 Å². The Bertz CT molecular complexity index is 613. The second-order valence-corrected chi connectivity index (χ2v) is 4.00. The highest BCUT2D eigenvalue weighted by atomic mass is 19.1. The first kappa shape index (κ1) is 14.0. The molecule has 7 heteroatoms. The molecule has 0 atom stereocenters. The molecule has 2 rings (SSSR count). The monoisotopic (exact) mass is 279 g/mol. The number of ether oxygens (including phenoxy) is 1. The van der Waals surface area contributed by atoms with Crippen LogP contribution in [-0.4, -0.2) is 29.3 Å². The molecule has 0 saturated carbocycles. The molecule has 0 unspecified atom stereocenters. The molecule has 1 aromatic carbocycles. The quantitative estimate of drug-likeness (QED) is 0.845. The van der Waals surface area contributed by atoms with Gasteiger partial charge in [0.15, 0.2) is 5.82 Å². The summed E-state index contributed by atoms with van der Waals surface area (Å²) in [4.78, 5) is 15.3. The van der Waals surface area contributed by atoms with Crippen molar-refractivity contribution in [3.63, 3.8) is 0 Å². The van der Waals surface area contributed by atoms with E-state index in [1.807, 2.05) is 0 Å². The molecule has 106 valence electrons. The van der Waals surface area contributed by atoms with Crippen molar-refractivity contribution in [1.29, 1.82) is 0 Å². The van der Waals surface area contributed by atoms with Crippen LogP contribution in [0.25, 0.3) is 11.5 Å². The third kappa shape index (κ3) is 3.31. The molecule has 0 spiro atoms. The summed E-state index contributed by atoms with van der Waals surface area (Å²) < 4.78 is 23.4. The number of hydrogen-bond donors (Lipinski definition) is 1. The molecule has 20 heavy (non-hydrogen) atoms. The number of benzene rings is 1. The molecule has 0 amide bonds. The van der Waals surface area contributed by atoms with Crippen LogP contribution in [-0.2, 0) is 9.53 Å². The van der Waals surface area contributed by atoms with Crippen LogP contribution in [0.2, 0.25) is 0 Å². The van der Waals surface area contributed by atoms with Gasteiger partial charge in [-0.1, -0.05) is 5.16 Å². The molecule has 1 N–H and O–H groups in total. The molecule has 0 aliphatic carbocycles. The van der Waals surface area contributed by atoms with Gasteiger partial charge in [-0.25, -0.2) is 4.39 Å².